The molecule has 0 bridgehead atoms. The minimum absolute atomic E-state index is 0.506. The van der Waals surface area contributed by atoms with Crippen molar-refractivity contribution in [1.82, 2.24) is 15.0 Å². The van der Waals surface area contributed by atoms with E-state index in [-0.39, 0.29) is 0 Å². The molecule has 0 unspecified atom stereocenters. The van der Waals surface area contributed by atoms with Gasteiger partial charge >= 0.3 is 0 Å². The molecule has 6 nitrogen and oxygen atoms in total. The number of nitrogens with one attached hydrogen (secondary N) is 2. The number of hydrogen-bond donors (Lipinski definition) is 3. The Morgan fingerprint density at radius 3 is 2.59 bits per heavy atom. The molecule has 2 rings (SSSR count). The van der Waals surface area contributed by atoms with Crippen LogP contribution in [0.2, 0.25) is 0 Å². The molecule has 0 radical (unpaired) electrons. The second kappa shape index (κ2) is 5.11. The molecule has 0 fully saturated rings. The molecule has 4 N–H and O–H groups in total. The number of pyridine rings is 1. The molecule has 0 aliphatic heterocycles. The Morgan fingerprint density at radius 2 is 1.88 bits per heavy atom. The smallest absolute Gasteiger partial charge is 0.159 e. The van der Waals surface area contributed by atoms with Crippen LogP contribution in [-0.2, 0) is 0 Å². The van der Waals surface area contributed by atoms with Crippen molar-refractivity contribution >= 4 is 23.0 Å². The summed E-state index contributed by atoms with van der Waals surface area (Å²) in [4.78, 5) is 12.1. The molecule has 0 aromatic carbocycles. The molecular weight excluding hydrogens is 216 g/mol. The van der Waals surface area contributed by atoms with Crippen molar-refractivity contribution in [1.29, 1.82) is 0 Å². The topological polar surface area (TPSA) is 88.8 Å². The maximum Gasteiger partial charge on any atom is 0.159 e. The first-order valence-corrected chi connectivity index (χ1v) is 5.32. The highest BCUT2D eigenvalue weighted by atomic mass is 15.1. The largest absolute Gasteiger partial charge is 0.393 e. The van der Waals surface area contributed by atoms with Crippen molar-refractivity contribution in [3.8, 4) is 0 Å². The number of nitrogens with zero attached hydrogens (tertiary/aromatic N) is 3. The van der Waals surface area contributed by atoms with Crippen LogP contribution < -0.4 is 16.4 Å². The Balaban J connectivity index is 2.24. The molecular formula is C11H14N6. The molecule has 0 aliphatic rings. The first kappa shape index (κ1) is 11.1. The summed E-state index contributed by atoms with van der Waals surface area (Å²) >= 11 is 0. The lowest BCUT2D eigenvalue weighted by molar-refractivity contribution is 1.12. The van der Waals surface area contributed by atoms with Gasteiger partial charge in [0.25, 0.3) is 0 Å². The van der Waals surface area contributed by atoms with Crippen molar-refractivity contribution in [2.24, 2.45) is 0 Å². The number of hydrogen-bond acceptors (Lipinski definition) is 6. The van der Waals surface area contributed by atoms with Gasteiger partial charge in [0.05, 0.1) is 0 Å². The van der Waals surface area contributed by atoms with Gasteiger partial charge in [-0.15, -0.1) is 0 Å². The van der Waals surface area contributed by atoms with Crippen LogP contribution in [-0.4, -0.2) is 21.5 Å². The quantitative estimate of drug-likeness (QED) is 0.739. The minimum Gasteiger partial charge on any atom is -0.393 e. The van der Waals surface area contributed by atoms with Crippen molar-refractivity contribution in [2.45, 2.75) is 6.92 Å². The van der Waals surface area contributed by atoms with Gasteiger partial charge in [-0.05, 0) is 19.1 Å². The Hall–Kier alpha value is -2.37. The molecule has 0 amide bonds. The fourth-order valence-corrected chi connectivity index (χ4v) is 1.38. The fraction of sp³-hybridized carbons (Fsp3) is 0.182. The predicted molar refractivity (Wildman–Crippen MR) is 68.1 cm³/mol. The second-order valence-corrected chi connectivity index (χ2v) is 3.38. The molecule has 2 aromatic rings. The van der Waals surface area contributed by atoms with Crippen molar-refractivity contribution < 1.29 is 0 Å². The molecule has 17 heavy (non-hydrogen) atoms. The monoisotopic (exact) mass is 230 g/mol. The Kier molecular flexibility index (Phi) is 3.34. The molecule has 6 heteroatoms. The third-order valence-corrected chi connectivity index (χ3v) is 2.17. The van der Waals surface area contributed by atoms with Crippen molar-refractivity contribution in [2.75, 3.05) is 22.9 Å². The molecule has 2 heterocycles. The van der Waals surface area contributed by atoms with Crippen LogP contribution in [0.5, 0.6) is 0 Å². The highest BCUT2D eigenvalue weighted by molar-refractivity contribution is 5.77. The fourth-order valence-electron chi connectivity index (χ4n) is 1.38. The van der Waals surface area contributed by atoms with Crippen molar-refractivity contribution in [3.63, 3.8) is 0 Å². The zero-order valence-electron chi connectivity index (χ0n) is 9.51. The van der Waals surface area contributed by atoms with E-state index in [1.165, 1.54) is 6.33 Å². The first-order chi connectivity index (χ1) is 8.31. The number of nitrogens with two attached hydrogens (primary N) is 1. The van der Waals surface area contributed by atoms with Crippen LogP contribution in [0.15, 0.2) is 30.9 Å². The van der Waals surface area contributed by atoms with Gasteiger partial charge in [0.15, 0.2) is 11.6 Å². The van der Waals surface area contributed by atoms with E-state index in [1.54, 1.807) is 12.4 Å². The Labute approximate surface area is 99.3 Å². The van der Waals surface area contributed by atoms with E-state index < -0.39 is 0 Å². The number of nitrogen functional groups attached to an aromatic ring is 1. The highest BCUT2D eigenvalue weighted by Gasteiger charge is 2.06. The summed E-state index contributed by atoms with van der Waals surface area (Å²) in [6.45, 7) is 2.74. The second-order valence-electron chi connectivity index (χ2n) is 3.38. The summed E-state index contributed by atoms with van der Waals surface area (Å²) in [5, 5.41) is 6.19. The van der Waals surface area contributed by atoms with Crippen LogP contribution in [0.1, 0.15) is 6.92 Å². The zero-order chi connectivity index (χ0) is 12.1. The van der Waals surface area contributed by atoms with Gasteiger partial charge in [0, 0.05) is 24.6 Å². The summed E-state index contributed by atoms with van der Waals surface area (Å²) < 4.78 is 0. The maximum absolute atomic E-state index is 5.95. The Bertz CT molecular complexity index is 485. The lowest BCUT2D eigenvalue weighted by Gasteiger charge is -2.11. The van der Waals surface area contributed by atoms with Crippen LogP contribution in [0.3, 0.4) is 0 Å². The lowest BCUT2D eigenvalue weighted by Crippen LogP contribution is -2.07. The standard InChI is InChI=1S/C11H14N6/c1-2-14-10-9(12)11(16-7-15-10)17-8-3-5-13-6-4-8/h3-7H,2,12H2,1H3,(H2,13,14,15,16,17). The minimum atomic E-state index is 0.506. The Morgan fingerprint density at radius 1 is 1.18 bits per heavy atom. The third-order valence-electron chi connectivity index (χ3n) is 2.17. The first-order valence-electron chi connectivity index (χ1n) is 5.32. The molecule has 0 aliphatic carbocycles. The predicted octanol–water partition coefficient (Wildman–Crippen LogP) is 1.63. The van der Waals surface area contributed by atoms with Gasteiger partial charge in [-0.2, -0.15) is 0 Å². The van der Waals surface area contributed by atoms with Crippen LogP contribution >= 0.6 is 0 Å². The zero-order valence-corrected chi connectivity index (χ0v) is 9.51. The SMILES string of the molecule is CCNc1ncnc(Nc2ccncc2)c1N. The third kappa shape index (κ3) is 2.60. The molecule has 2 aromatic heterocycles. The molecule has 88 valence electrons. The number of aromatic nitrogens is 3. The van der Waals surface area contributed by atoms with Crippen LogP contribution in [0, 0.1) is 0 Å². The van der Waals surface area contributed by atoms with Gasteiger partial charge in [-0.25, -0.2) is 9.97 Å². The molecule has 0 atom stereocenters. The van der Waals surface area contributed by atoms with Gasteiger partial charge in [-0.3, -0.25) is 4.98 Å². The van der Waals surface area contributed by atoms with E-state index in [0.717, 1.165) is 12.2 Å². The highest BCUT2D eigenvalue weighted by Crippen LogP contribution is 2.24. The summed E-state index contributed by atoms with van der Waals surface area (Å²) in [5.74, 6) is 1.22. The summed E-state index contributed by atoms with van der Waals surface area (Å²) in [6.07, 6.45) is 4.87. The van der Waals surface area contributed by atoms with E-state index in [4.69, 9.17) is 5.73 Å². The molecule has 0 spiro atoms. The number of anilines is 4. The van der Waals surface area contributed by atoms with Crippen molar-refractivity contribution in [3.05, 3.63) is 30.9 Å². The van der Waals surface area contributed by atoms with Gasteiger partial charge in [0.1, 0.15) is 12.0 Å². The van der Waals surface area contributed by atoms with E-state index in [1.807, 2.05) is 19.1 Å². The summed E-state index contributed by atoms with van der Waals surface area (Å²) in [6, 6.07) is 3.68. The van der Waals surface area contributed by atoms with Crippen LogP contribution in [0.25, 0.3) is 0 Å². The molecule has 0 saturated heterocycles. The average molecular weight is 230 g/mol. The van der Waals surface area contributed by atoms with Gasteiger partial charge in [0.2, 0.25) is 0 Å². The maximum atomic E-state index is 5.95. The summed E-state index contributed by atoms with van der Waals surface area (Å²) in [5.41, 5.74) is 7.34. The lowest BCUT2D eigenvalue weighted by atomic mass is 10.3. The van der Waals surface area contributed by atoms with Crippen LogP contribution in [0.4, 0.5) is 23.0 Å². The van der Waals surface area contributed by atoms with E-state index in [0.29, 0.717) is 17.3 Å². The van der Waals surface area contributed by atoms with E-state index >= 15 is 0 Å². The van der Waals surface area contributed by atoms with E-state index in [9.17, 15) is 0 Å². The van der Waals surface area contributed by atoms with Gasteiger partial charge in [-0.1, -0.05) is 0 Å². The number of rotatable bonds is 4. The summed E-state index contributed by atoms with van der Waals surface area (Å²) in [7, 11) is 0. The normalized spacial score (nSPS) is 9.94. The van der Waals surface area contributed by atoms with E-state index in [2.05, 4.69) is 25.6 Å². The molecule has 0 saturated carbocycles. The average Bonchev–Trinajstić information content (AvgIpc) is 2.36. The van der Waals surface area contributed by atoms with Gasteiger partial charge < -0.3 is 16.4 Å².